The number of benzene rings is 1. The van der Waals surface area contributed by atoms with Crippen LogP contribution in [0.25, 0.3) is 11.3 Å². The van der Waals surface area contributed by atoms with Crippen LogP contribution < -0.4 is 5.32 Å². The Hall–Kier alpha value is -1.96. The number of aryl methyl sites for hydroxylation is 1. The average molecular weight is 408 g/mol. The number of aliphatic hydroxyl groups excluding tert-OH is 1. The topological polar surface area (TPSA) is 54.4 Å². The highest BCUT2D eigenvalue weighted by Crippen LogP contribution is 2.32. The van der Waals surface area contributed by atoms with E-state index < -0.39 is 18.0 Å². The fraction of sp³-hybridized carbons (Fsp3) is 0.500. The molecular weight excluding hydrogens is 381 g/mol. The second kappa shape index (κ2) is 9.24. The maximum Gasteiger partial charge on any atom is 0.433 e. The summed E-state index contributed by atoms with van der Waals surface area (Å²) < 4.78 is 45.6. The molecule has 1 aromatic carbocycles. The van der Waals surface area contributed by atoms with Crippen LogP contribution in [0.2, 0.25) is 0 Å². The number of nitrogens with one attached hydrogen (secondary N) is 1. The average Bonchev–Trinajstić information content (AvgIpc) is 3.50. The van der Waals surface area contributed by atoms with E-state index in [0.29, 0.717) is 18.1 Å². The van der Waals surface area contributed by atoms with Crippen molar-refractivity contribution >= 4 is 0 Å². The van der Waals surface area contributed by atoms with E-state index in [4.69, 9.17) is 4.74 Å². The zero-order valence-electron chi connectivity index (χ0n) is 16.7. The van der Waals surface area contributed by atoms with Crippen LogP contribution in [0.5, 0.6) is 0 Å². The van der Waals surface area contributed by atoms with Crippen molar-refractivity contribution in [1.29, 1.82) is 0 Å². The van der Waals surface area contributed by atoms with E-state index in [-0.39, 0.29) is 23.8 Å². The fourth-order valence-corrected chi connectivity index (χ4v) is 2.95. The van der Waals surface area contributed by atoms with Gasteiger partial charge < -0.3 is 15.2 Å². The highest BCUT2D eigenvalue weighted by Gasteiger charge is 2.34. The van der Waals surface area contributed by atoms with Crippen molar-refractivity contribution < 1.29 is 23.0 Å². The van der Waals surface area contributed by atoms with Crippen LogP contribution in [0.3, 0.4) is 0 Å². The summed E-state index contributed by atoms with van der Waals surface area (Å²) in [5, 5.41) is 13.6. The Morgan fingerprint density at radius 3 is 2.52 bits per heavy atom. The third kappa shape index (κ3) is 6.52. The number of nitrogens with zero attached hydrogens (tertiary/aromatic N) is 1. The molecule has 1 heterocycles. The molecule has 4 nitrogen and oxygen atoms in total. The first kappa shape index (κ1) is 21.7. The summed E-state index contributed by atoms with van der Waals surface area (Å²) in [4.78, 5) is 3.77. The quantitative estimate of drug-likeness (QED) is 0.641. The molecule has 29 heavy (non-hydrogen) atoms. The molecular formula is C22H27F3N2O2. The molecule has 1 aliphatic rings. The Balaban J connectivity index is 1.70. The molecule has 0 saturated heterocycles. The lowest BCUT2D eigenvalue weighted by Crippen LogP contribution is -2.34. The molecule has 158 valence electrons. The number of aliphatic hydroxyl groups is 1. The highest BCUT2D eigenvalue weighted by molar-refractivity contribution is 5.61. The number of halogens is 3. The molecule has 2 atom stereocenters. The van der Waals surface area contributed by atoms with Crippen molar-refractivity contribution in [2.24, 2.45) is 5.92 Å². The zero-order valence-corrected chi connectivity index (χ0v) is 16.7. The smallest absolute Gasteiger partial charge is 0.387 e. The summed E-state index contributed by atoms with van der Waals surface area (Å²) in [5.74, 6) is 0.672. The van der Waals surface area contributed by atoms with Crippen LogP contribution in [0.4, 0.5) is 13.2 Å². The lowest BCUT2D eigenvalue weighted by Gasteiger charge is -2.19. The van der Waals surface area contributed by atoms with Gasteiger partial charge in [0.1, 0.15) is 5.69 Å². The third-order valence-electron chi connectivity index (χ3n) is 4.95. The number of aromatic nitrogens is 1. The van der Waals surface area contributed by atoms with E-state index in [9.17, 15) is 18.3 Å². The summed E-state index contributed by atoms with van der Waals surface area (Å²) in [6.07, 6.45) is -3.25. The van der Waals surface area contributed by atoms with Gasteiger partial charge >= 0.3 is 6.18 Å². The van der Waals surface area contributed by atoms with Crippen molar-refractivity contribution in [2.75, 3.05) is 19.8 Å². The Morgan fingerprint density at radius 1 is 1.21 bits per heavy atom. The van der Waals surface area contributed by atoms with E-state index in [1.165, 1.54) is 18.9 Å². The zero-order chi connectivity index (χ0) is 21.0. The van der Waals surface area contributed by atoms with E-state index in [1.807, 2.05) is 26.0 Å². The fourth-order valence-electron chi connectivity index (χ4n) is 2.95. The second-order valence-corrected chi connectivity index (χ2v) is 7.84. The Morgan fingerprint density at radius 2 is 1.90 bits per heavy atom. The summed E-state index contributed by atoms with van der Waals surface area (Å²) in [6.45, 7) is 5.20. The van der Waals surface area contributed by atoms with Gasteiger partial charge in [-0.15, -0.1) is 0 Å². The van der Waals surface area contributed by atoms with E-state index >= 15 is 0 Å². The van der Waals surface area contributed by atoms with Crippen molar-refractivity contribution in [1.82, 2.24) is 10.3 Å². The Kier molecular flexibility index (Phi) is 6.93. The summed E-state index contributed by atoms with van der Waals surface area (Å²) in [6, 6.07) is 9.51. The number of alkyl halides is 3. The van der Waals surface area contributed by atoms with Crippen molar-refractivity contribution in [3.63, 3.8) is 0 Å². The van der Waals surface area contributed by atoms with Crippen molar-refractivity contribution in [2.45, 2.75) is 45.0 Å². The number of hydrogen-bond donors (Lipinski definition) is 2. The first-order valence-electron chi connectivity index (χ1n) is 9.88. The number of pyridine rings is 1. The molecule has 3 rings (SSSR count). The normalized spacial score (nSPS) is 16.6. The molecule has 2 aromatic rings. The van der Waals surface area contributed by atoms with Gasteiger partial charge in [0.2, 0.25) is 0 Å². The van der Waals surface area contributed by atoms with Gasteiger partial charge in [-0.25, -0.2) is 4.98 Å². The van der Waals surface area contributed by atoms with E-state index in [0.717, 1.165) is 18.2 Å². The molecule has 1 unspecified atom stereocenters. The number of hydrogen-bond acceptors (Lipinski definition) is 4. The summed E-state index contributed by atoms with van der Waals surface area (Å²) in [7, 11) is 0. The largest absolute Gasteiger partial charge is 0.433 e. The Labute approximate surface area is 169 Å². The Bertz CT molecular complexity index is 805. The van der Waals surface area contributed by atoms with Crippen LogP contribution in [-0.4, -0.2) is 35.9 Å². The SMILES string of the molecule is Cc1ccc(-c2cc(C(O)CN[C@@H](C)COCC3CC3)cc(C(F)(F)F)n2)cc1. The van der Waals surface area contributed by atoms with Crippen LogP contribution in [0.1, 0.15) is 42.7 Å². The predicted molar refractivity (Wildman–Crippen MR) is 105 cm³/mol. The molecule has 1 aromatic heterocycles. The monoisotopic (exact) mass is 408 g/mol. The van der Waals surface area contributed by atoms with Gasteiger partial charge in [-0.2, -0.15) is 13.2 Å². The number of rotatable bonds is 9. The molecule has 0 spiro atoms. The minimum atomic E-state index is -4.59. The van der Waals surface area contributed by atoms with Gasteiger partial charge in [0, 0.05) is 24.8 Å². The first-order chi connectivity index (χ1) is 13.7. The highest BCUT2D eigenvalue weighted by atomic mass is 19.4. The molecule has 1 aliphatic carbocycles. The molecule has 0 radical (unpaired) electrons. The second-order valence-electron chi connectivity index (χ2n) is 7.84. The lowest BCUT2D eigenvalue weighted by atomic mass is 10.0. The molecule has 0 amide bonds. The molecule has 0 bridgehead atoms. The molecule has 0 aliphatic heterocycles. The first-order valence-corrected chi connectivity index (χ1v) is 9.88. The maximum absolute atomic E-state index is 13.3. The summed E-state index contributed by atoms with van der Waals surface area (Å²) >= 11 is 0. The van der Waals surface area contributed by atoms with Gasteiger partial charge in [-0.1, -0.05) is 29.8 Å². The summed E-state index contributed by atoms with van der Waals surface area (Å²) in [5.41, 5.74) is 0.939. The van der Waals surface area contributed by atoms with Gasteiger partial charge in [-0.3, -0.25) is 0 Å². The number of ether oxygens (including phenoxy) is 1. The maximum atomic E-state index is 13.3. The van der Waals surface area contributed by atoms with Gasteiger partial charge in [0.25, 0.3) is 0 Å². The standard InChI is InChI=1S/C22H27F3N2O2/c1-14-3-7-17(8-4-14)19-9-18(10-21(27-19)22(23,24)25)20(28)11-26-15(2)12-29-13-16-5-6-16/h3-4,7-10,15-16,20,26,28H,5-6,11-13H2,1-2H3/t15-,20?/m0/s1. The van der Waals surface area contributed by atoms with Crippen molar-refractivity contribution in [3.8, 4) is 11.3 Å². The van der Waals surface area contributed by atoms with E-state index in [2.05, 4.69) is 10.3 Å². The molecule has 7 heteroatoms. The molecule has 2 N–H and O–H groups in total. The van der Waals surface area contributed by atoms with Crippen LogP contribution in [0, 0.1) is 12.8 Å². The molecule has 1 fully saturated rings. The minimum Gasteiger partial charge on any atom is -0.387 e. The predicted octanol–water partition coefficient (Wildman–Crippen LogP) is 4.51. The van der Waals surface area contributed by atoms with Crippen LogP contribution in [-0.2, 0) is 10.9 Å². The lowest BCUT2D eigenvalue weighted by molar-refractivity contribution is -0.141. The van der Waals surface area contributed by atoms with Gasteiger partial charge in [-0.05, 0) is 50.3 Å². The third-order valence-corrected chi connectivity index (χ3v) is 4.95. The van der Waals surface area contributed by atoms with Crippen LogP contribution in [0.15, 0.2) is 36.4 Å². The van der Waals surface area contributed by atoms with Gasteiger partial charge in [0.05, 0.1) is 18.4 Å². The van der Waals surface area contributed by atoms with Gasteiger partial charge in [0.15, 0.2) is 0 Å². The minimum absolute atomic E-state index is 0.0103. The van der Waals surface area contributed by atoms with Crippen LogP contribution >= 0.6 is 0 Å². The molecule has 1 saturated carbocycles. The van der Waals surface area contributed by atoms with E-state index in [1.54, 1.807) is 12.1 Å². The van der Waals surface area contributed by atoms with Crippen molar-refractivity contribution in [3.05, 3.63) is 53.2 Å².